The van der Waals surface area contributed by atoms with E-state index in [9.17, 15) is 10.1 Å². The van der Waals surface area contributed by atoms with E-state index in [1.54, 1.807) is 12.1 Å². The van der Waals surface area contributed by atoms with Crippen LogP contribution in [0.15, 0.2) is 54.6 Å². The molecule has 0 aromatic heterocycles. The number of benzene rings is 2. The summed E-state index contributed by atoms with van der Waals surface area (Å²) in [5.41, 5.74) is 2.79. The Morgan fingerprint density at radius 2 is 1.37 bits per heavy atom. The summed E-state index contributed by atoms with van der Waals surface area (Å²) in [4.78, 5) is 10.2. The van der Waals surface area contributed by atoms with Gasteiger partial charge in [0.25, 0.3) is 0 Å². The number of non-ortho nitro benzene ring substituents is 1. The van der Waals surface area contributed by atoms with Crippen LogP contribution in [0.3, 0.4) is 0 Å². The molecule has 0 amide bonds. The summed E-state index contributed by atoms with van der Waals surface area (Å²) in [5.74, 6) is 0. The number of nitro benzene ring substituents is 1. The summed E-state index contributed by atoms with van der Waals surface area (Å²) in [5, 5.41) is 12.8. The third-order valence-electron chi connectivity index (χ3n) is 2.52. The van der Waals surface area contributed by atoms with E-state index < -0.39 is 0 Å². The molecule has 0 spiro atoms. The average Bonchev–Trinajstić information content (AvgIpc) is 2.45. The van der Waals surface area contributed by atoms with Gasteiger partial charge in [0.1, 0.15) is 0 Å². The van der Waals surface area contributed by atoms with Crippen molar-refractivity contribution in [1.82, 2.24) is 0 Å². The van der Waals surface area contributed by atoms with Crippen LogP contribution in [-0.2, 0) is 10.6 Å². The molecule has 0 heterocycles. The van der Waals surface area contributed by atoms with Crippen molar-refractivity contribution >= 4 is 32.0 Å². The number of hydrogen-bond donors (Lipinski definition) is 0. The Kier molecular flexibility index (Phi) is 5.61. The van der Waals surface area contributed by atoms with Gasteiger partial charge >= 0.3 is 123 Å². The Balaban J connectivity index is 1.75. The number of nitrogens with zero attached hydrogens (tertiary/aromatic N) is 1. The molecule has 0 saturated carbocycles. The second-order valence-electron chi connectivity index (χ2n) is 3.93. The molecular formula is C14H13NO2Se2. The van der Waals surface area contributed by atoms with Crippen molar-refractivity contribution in [3.8, 4) is 0 Å². The average molecular weight is 385 g/mol. The van der Waals surface area contributed by atoms with Crippen LogP contribution in [0.1, 0.15) is 11.1 Å². The zero-order valence-corrected chi connectivity index (χ0v) is 13.6. The summed E-state index contributed by atoms with van der Waals surface area (Å²) in [6, 6.07) is 17.5. The predicted molar refractivity (Wildman–Crippen MR) is 78.5 cm³/mol. The molecule has 0 atom stereocenters. The number of nitro groups is 1. The van der Waals surface area contributed by atoms with E-state index in [1.807, 2.05) is 18.2 Å². The monoisotopic (exact) mass is 387 g/mol. The molecule has 0 bridgehead atoms. The molecule has 0 aliphatic heterocycles. The third kappa shape index (κ3) is 4.81. The van der Waals surface area contributed by atoms with Gasteiger partial charge in [0.05, 0.1) is 0 Å². The molecule has 2 aromatic carbocycles. The molecule has 3 nitrogen and oxygen atoms in total. The SMILES string of the molecule is O=[N+]([O-])c1ccc(C[Se][Se]Cc2ccccc2)cc1. The Labute approximate surface area is 123 Å². The third-order valence-corrected chi connectivity index (χ3v) is 9.15. The molecule has 0 saturated heterocycles. The Hall–Kier alpha value is -1.12. The topological polar surface area (TPSA) is 43.1 Å². The van der Waals surface area contributed by atoms with Crippen molar-refractivity contribution in [1.29, 1.82) is 0 Å². The van der Waals surface area contributed by atoms with Crippen LogP contribution in [0.5, 0.6) is 0 Å². The molecule has 0 radical (unpaired) electrons. The van der Waals surface area contributed by atoms with Crippen molar-refractivity contribution in [2.75, 3.05) is 0 Å². The van der Waals surface area contributed by atoms with Gasteiger partial charge in [-0.25, -0.2) is 0 Å². The van der Waals surface area contributed by atoms with Gasteiger partial charge in [0.15, 0.2) is 0 Å². The molecule has 2 aromatic rings. The summed E-state index contributed by atoms with van der Waals surface area (Å²) in [6.07, 6.45) is 0. The zero-order valence-electron chi connectivity index (χ0n) is 10.2. The first-order chi connectivity index (χ1) is 9.25. The van der Waals surface area contributed by atoms with E-state index in [4.69, 9.17) is 0 Å². The van der Waals surface area contributed by atoms with E-state index >= 15 is 0 Å². The van der Waals surface area contributed by atoms with Crippen LogP contribution in [0.4, 0.5) is 5.69 Å². The van der Waals surface area contributed by atoms with Crippen molar-refractivity contribution in [2.45, 2.75) is 10.6 Å². The van der Waals surface area contributed by atoms with Gasteiger partial charge in [-0.15, -0.1) is 0 Å². The standard InChI is InChI=1S/C14H13NO2Se2/c16-15(17)14-8-6-13(7-9-14)11-19-18-10-12-4-2-1-3-5-12/h1-9H,10-11H2. The second kappa shape index (κ2) is 7.46. The van der Waals surface area contributed by atoms with E-state index in [0.717, 1.165) is 5.32 Å². The molecule has 0 fully saturated rings. The molecule has 0 N–H and O–H groups in total. The van der Waals surface area contributed by atoms with E-state index in [-0.39, 0.29) is 10.6 Å². The first-order valence-corrected chi connectivity index (χ1v) is 12.5. The van der Waals surface area contributed by atoms with Crippen molar-refractivity contribution in [2.24, 2.45) is 0 Å². The molecule has 0 aliphatic rings. The van der Waals surface area contributed by atoms with Crippen LogP contribution in [-0.4, -0.2) is 31.2 Å². The van der Waals surface area contributed by atoms with Gasteiger partial charge in [0, 0.05) is 0 Å². The van der Waals surface area contributed by atoms with Crippen molar-refractivity contribution in [3.05, 3.63) is 75.8 Å². The molecule has 2 rings (SSSR count). The van der Waals surface area contributed by atoms with Crippen LogP contribution in [0.25, 0.3) is 0 Å². The van der Waals surface area contributed by atoms with Gasteiger partial charge in [-0.1, -0.05) is 0 Å². The normalized spacial score (nSPS) is 10.3. The van der Waals surface area contributed by atoms with Crippen LogP contribution in [0.2, 0.25) is 0 Å². The van der Waals surface area contributed by atoms with Crippen LogP contribution >= 0.6 is 0 Å². The van der Waals surface area contributed by atoms with E-state index in [0.29, 0.717) is 26.3 Å². The predicted octanol–water partition coefficient (Wildman–Crippen LogP) is 2.62. The minimum absolute atomic E-state index is 0.172. The van der Waals surface area contributed by atoms with Gasteiger partial charge < -0.3 is 0 Å². The molecule has 0 unspecified atom stereocenters. The van der Waals surface area contributed by atoms with Crippen molar-refractivity contribution in [3.63, 3.8) is 0 Å². The maximum atomic E-state index is 10.5. The molecule has 0 aliphatic carbocycles. The first kappa shape index (κ1) is 14.3. The van der Waals surface area contributed by atoms with Gasteiger partial charge in [-0.3, -0.25) is 0 Å². The second-order valence-corrected chi connectivity index (χ2v) is 11.3. The number of rotatable bonds is 6. The summed E-state index contributed by atoms with van der Waals surface area (Å²) < 4.78 is 0. The Morgan fingerprint density at radius 1 is 0.842 bits per heavy atom. The summed E-state index contributed by atoms with van der Waals surface area (Å²) in [6.45, 7) is 0. The van der Waals surface area contributed by atoms with Gasteiger partial charge in [0.2, 0.25) is 0 Å². The van der Waals surface area contributed by atoms with Crippen LogP contribution < -0.4 is 0 Å². The molecule has 5 heteroatoms. The molecule has 19 heavy (non-hydrogen) atoms. The van der Waals surface area contributed by atoms with Crippen LogP contribution in [0, 0.1) is 10.1 Å². The Morgan fingerprint density at radius 3 is 1.89 bits per heavy atom. The maximum absolute atomic E-state index is 10.5. The van der Waals surface area contributed by atoms with Crippen molar-refractivity contribution < 1.29 is 4.92 Å². The quantitative estimate of drug-likeness (QED) is 0.332. The van der Waals surface area contributed by atoms with E-state index in [2.05, 4.69) is 24.3 Å². The number of hydrogen-bond acceptors (Lipinski definition) is 2. The van der Waals surface area contributed by atoms with Gasteiger partial charge in [-0.05, 0) is 0 Å². The fourth-order valence-corrected chi connectivity index (χ4v) is 8.02. The zero-order chi connectivity index (χ0) is 13.5. The fraction of sp³-hybridized carbons (Fsp3) is 0.143. The van der Waals surface area contributed by atoms with Gasteiger partial charge in [-0.2, -0.15) is 0 Å². The Bertz CT molecular complexity index is 529. The minimum atomic E-state index is -0.353. The molecule has 98 valence electrons. The molecular weight excluding hydrogens is 372 g/mol. The van der Waals surface area contributed by atoms with E-state index in [1.165, 1.54) is 16.4 Å². The summed E-state index contributed by atoms with van der Waals surface area (Å²) >= 11 is 1.26. The fourth-order valence-electron chi connectivity index (χ4n) is 1.51. The summed E-state index contributed by atoms with van der Waals surface area (Å²) in [7, 11) is 0. The first-order valence-electron chi connectivity index (χ1n) is 5.77.